The Balaban J connectivity index is 2.74. The van der Waals surface area contributed by atoms with E-state index in [4.69, 9.17) is 10.2 Å². The van der Waals surface area contributed by atoms with Crippen LogP contribution in [0.3, 0.4) is 0 Å². The lowest BCUT2D eigenvalue weighted by Gasteiger charge is -2.16. The van der Waals surface area contributed by atoms with Gasteiger partial charge in [-0.05, 0) is 27.2 Å². The Labute approximate surface area is 109 Å². The van der Waals surface area contributed by atoms with Gasteiger partial charge in [-0.1, -0.05) is 19.8 Å². The largest absolute Gasteiger partial charge is 0.466 e. The van der Waals surface area contributed by atoms with Crippen molar-refractivity contribution in [2.75, 3.05) is 6.54 Å². The summed E-state index contributed by atoms with van der Waals surface area (Å²) in [6.07, 6.45) is 3.10. The molecular formula is C14H24N2O2. The van der Waals surface area contributed by atoms with Gasteiger partial charge in [0.15, 0.2) is 0 Å². The molecule has 1 atom stereocenters. The van der Waals surface area contributed by atoms with E-state index in [1.54, 1.807) is 0 Å². The van der Waals surface area contributed by atoms with E-state index in [-0.39, 0.29) is 11.9 Å². The number of hydrogen-bond donors (Lipinski definition) is 2. The average molecular weight is 252 g/mol. The maximum atomic E-state index is 12.2. The summed E-state index contributed by atoms with van der Waals surface area (Å²) in [5.74, 6) is 1.40. The molecule has 1 heterocycles. The molecule has 0 aliphatic carbocycles. The second-order valence-corrected chi connectivity index (χ2v) is 4.76. The van der Waals surface area contributed by atoms with E-state index in [0.717, 1.165) is 30.6 Å². The number of carbonyl (C=O) groups excluding carboxylic acids is 1. The molecule has 0 radical (unpaired) electrons. The van der Waals surface area contributed by atoms with E-state index in [9.17, 15) is 4.79 Å². The lowest BCUT2D eigenvalue weighted by molar-refractivity contribution is 0.0933. The first-order valence-corrected chi connectivity index (χ1v) is 6.58. The summed E-state index contributed by atoms with van der Waals surface area (Å²) in [5.41, 5.74) is 7.25. The van der Waals surface area contributed by atoms with Gasteiger partial charge in [0, 0.05) is 18.2 Å². The smallest absolute Gasteiger partial charge is 0.255 e. The first kappa shape index (κ1) is 14.8. The Kier molecular flexibility index (Phi) is 5.41. The third-order valence-electron chi connectivity index (χ3n) is 3.31. The lowest BCUT2D eigenvalue weighted by Crippen LogP contribution is -2.40. The van der Waals surface area contributed by atoms with Crippen LogP contribution in [0.5, 0.6) is 0 Å². The molecule has 1 aromatic heterocycles. The first-order valence-electron chi connectivity index (χ1n) is 6.58. The van der Waals surface area contributed by atoms with Gasteiger partial charge in [0.05, 0.1) is 5.56 Å². The molecule has 1 unspecified atom stereocenters. The van der Waals surface area contributed by atoms with Crippen molar-refractivity contribution in [2.45, 2.75) is 53.0 Å². The van der Waals surface area contributed by atoms with Crippen LogP contribution >= 0.6 is 0 Å². The van der Waals surface area contributed by atoms with Crippen LogP contribution in [0.2, 0.25) is 0 Å². The standard InChI is InChI=1S/C14H24N2O2/c1-5-6-7-12(8-15)16-14(17)13-9(2)10(3)18-11(13)4/h12H,5-8,15H2,1-4H3,(H,16,17). The van der Waals surface area contributed by atoms with Gasteiger partial charge in [-0.2, -0.15) is 0 Å². The van der Waals surface area contributed by atoms with Crippen molar-refractivity contribution in [3.8, 4) is 0 Å². The highest BCUT2D eigenvalue weighted by Crippen LogP contribution is 2.20. The van der Waals surface area contributed by atoms with Gasteiger partial charge >= 0.3 is 0 Å². The number of amides is 1. The highest BCUT2D eigenvalue weighted by Gasteiger charge is 2.20. The molecule has 3 N–H and O–H groups in total. The number of nitrogens with one attached hydrogen (secondary N) is 1. The second kappa shape index (κ2) is 6.59. The topological polar surface area (TPSA) is 68.3 Å². The molecule has 0 spiro atoms. The minimum atomic E-state index is -0.0756. The second-order valence-electron chi connectivity index (χ2n) is 4.76. The van der Waals surface area contributed by atoms with Crippen LogP contribution in [0, 0.1) is 20.8 Å². The fourth-order valence-electron chi connectivity index (χ4n) is 2.08. The fraction of sp³-hybridized carbons (Fsp3) is 0.643. The number of nitrogens with two attached hydrogens (primary N) is 1. The molecule has 0 saturated heterocycles. The van der Waals surface area contributed by atoms with Crippen molar-refractivity contribution in [1.82, 2.24) is 5.32 Å². The highest BCUT2D eigenvalue weighted by molar-refractivity contribution is 5.97. The van der Waals surface area contributed by atoms with E-state index in [1.807, 2.05) is 20.8 Å². The van der Waals surface area contributed by atoms with E-state index < -0.39 is 0 Å². The van der Waals surface area contributed by atoms with Gasteiger partial charge in [-0.15, -0.1) is 0 Å². The van der Waals surface area contributed by atoms with Gasteiger partial charge < -0.3 is 15.5 Å². The van der Waals surface area contributed by atoms with E-state index >= 15 is 0 Å². The zero-order chi connectivity index (χ0) is 13.7. The van der Waals surface area contributed by atoms with Crippen LogP contribution in [0.1, 0.15) is 53.6 Å². The normalized spacial score (nSPS) is 12.5. The third-order valence-corrected chi connectivity index (χ3v) is 3.31. The molecule has 0 fully saturated rings. The highest BCUT2D eigenvalue weighted by atomic mass is 16.3. The summed E-state index contributed by atoms with van der Waals surface area (Å²) in [6, 6.07) is 0.0476. The summed E-state index contributed by atoms with van der Waals surface area (Å²) < 4.78 is 5.47. The first-order chi connectivity index (χ1) is 8.51. The van der Waals surface area contributed by atoms with Crippen molar-refractivity contribution in [1.29, 1.82) is 0 Å². The number of carbonyl (C=O) groups is 1. The predicted octanol–water partition coefficient (Wildman–Crippen LogP) is 2.45. The Bertz CT molecular complexity index is 410. The van der Waals surface area contributed by atoms with Crippen molar-refractivity contribution in [3.63, 3.8) is 0 Å². The molecule has 102 valence electrons. The Morgan fingerprint density at radius 2 is 2.00 bits per heavy atom. The molecule has 0 saturated carbocycles. The van der Waals surface area contributed by atoms with Crippen molar-refractivity contribution < 1.29 is 9.21 Å². The molecule has 4 heteroatoms. The van der Waals surface area contributed by atoms with E-state index in [0.29, 0.717) is 17.9 Å². The minimum absolute atomic E-state index is 0.0476. The molecule has 0 aliphatic heterocycles. The molecule has 1 aromatic rings. The average Bonchev–Trinajstić information content (AvgIpc) is 2.58. The Morgan fingerprint density at radius 3 is 2.44 bits per heavy atom. The molecule has 4 nitrogen and oxygen atoms in total. The number of hydrogen-bond acceptors (Lipinski definition) is 3. The number of rotatable bonds is 6. The molecule has 1 amide bonds. The molecular weight excluding hydrogens is 228 g/mol. The number of unbranched alkanes of at least 4 members (excludes halogenated alkanes) is 1. The minimum Gasteiger partial charge on any atom is -0.466 e. The predicted molar refractivity (Wildman–Crippen MR) is 72.8 cm³/mol. The SMILES string of the molecule is CCCCC(CN)NC(=O)c1c(C)oc(C)c1C. The van der Waals surface area contributed by atoms with Gasteiger partial charge in [-0.3, -0.25) is 4.79 Å². The Hall–Kier alpha value is -1.29. The maximum absolute atomic E-state index is 12.2. The van der Waals surface area contributed by atoms with E-state index in [1.165, 1.54) is 0 Å². The summed E-state index contributed by atoms with van der Waals surface area (Å²) in [5, 5.41) is 2.99. The van der Waals surface area contributed by atoms with Gasteiger partial charge in [0.2, 0.25) is 0 Å². The number of furan rings is 1. The van der Waals surface area contributed by atoms with Crippen molar-refractivity contribution in [3.05, 3.63) is 22.6 Å². The summed E-state index contributed by atoms with van der Waals surface area (Å²) in [4.78, 5) is 12.2. The molecule has 18 heavy (non-hydrogen) atoms. The number of aryl methyl sites for hydroxylation is 2. The van der Waals surface area contributed by atoms with Gasteiger partial charge in [0.1, 0.15) is 11.5 Å². The van der Waals surface area contributed by atoms with Crippen LogP contribution in [0.15, 0.2) is 4.42 Å². The molecule has 0 bridgehead atoms. The van der Waals surface area contributed by atoms with Crippen LogP contribution in [0.4, 0.5) is 0 Å². The third kappa shape index (κ3) is 3.35. The maximum Gasteiger partial charge on any atom is 0.255 e. The van der Waals surface area contributed by atoms with Crippen molar-refractivity contribution in [2.24, 2.45) is 5.73 Å². The summed E-state index contributed by atoms with van der Waals surface area (Å²) in [6.45, 7) is 8.20. The lowest BCUT2D eigenvalue weighted by atomic mass is 10.1. The monoisotopic (exact) mass is 252 g/mol. The summed E-state index contributed by atoms with van der Waals surface area (Å²) >= 11 is 0. The van der Waals surface area contributed by atoms with Crippen LogP contribution in [-0.4, -0.2) is 18.5 Å². The fourth-order valence-corrected chi connectivity index (χ4v) is 2.08. The van der Waals surface area contributed by atoms with Crippen LogP contribution < -0.4 is 11.1 Å². The van der Waals surface area contributed by atoms with Gasteiger partial charge in [0.25, 0.3) is 5.91 Å². The van der Waals surface area contributed by atoms with Crippen LogP contribution in [-0.2, 0) is 0 Å². The van der Waals surface area contributed by atoms with Crippen LogP contribution in [0.25, 0.3) is 0 Å². The zero-order valence-corrected chi connectivity index (χ0v) is 11.8. The quantitative estimate of drug-likeness (QED) is 0.817. The zero-order valence-electron chi connectivity index (χ0n) is 11.8. The van der Waals surface area contributed by atoms with Crippen molar-refractivity contribution >= 4 is 5.91 Å². The molecule has 0 aromatic carbocycles. The summed E-state index contributed by atoms with van der Waals surface area (Å²) in [7, 11) is 0. The molecule has 0 aliphatic rings. The molecule has 1 rings (SSSR count). The van der Waals surface area contributed by atoms with Gasteiger partial charge in [-0.25, -0.2) is 0 Å². The Morgan fingerprint density at radius 1 is 1.33 bits per heavy atom. The van der Waals surface area contributed by atoms with E-state index in [2.05, 4.69) is 12.2 Å².